The number of hydrogen-bond donors (Lipinski definition) is 0. The van der Waals surface area contributed by atoms with Crippen LogP contribution in [0.1, 0.15) is 16.1 Å². The lowest BCUT2D eigenvalue weighted by molar-refractivity contribution is 0.0748. The van der Waals surface area contributed by atoms with Gasteiger partial charge in [-0.3, -0.25) is 4.79 Å². The third-order valence-corrected chi connectivity index (χ3v) is 4.37. The first-order valence-corrected chi connectivity index (χ1v) is 8.12. The molecule has 3 aromatic heterocycles. The molecule has 4 heterocycles. The molecule has 6 nitrogen and oxygen atoms in total. The minimum Gasteiger partial charge on any atom is -0.353 e. The standard InChI is InChI=1S/C18H19N5O/c1-14-13-23-8-4-5-15(17(23)20-14)18(24)22-11-9-21(10-12-22)16-6-2-3-7-19-16/h2-8,13H,9-12H2,1H3. The zero-order valence-corrected chi connectivity index (χ0v) is 13.6. The highest BCUT2D eigenvalue weighted by Gasteiger charge is 2.24. The topological polar surface area (TPSA) is 53.7 Å². The lowest BCUT2D eigenvalue weighted by Crippen LogP contribution is -2.49. The van der Waals surface area contributed by atoms with Gasteiger partial charge in [-0.15, -0.1) is 0 Å². The molecule has 0 N–H and O–H groups in total. The van der Waals surface area contributed by atoms with Gasteiger partial charge in [0.05, 0.1) is 11.3 Å². The summed E-state index contributed by atoms with van der Waals surface area (Å²) in [4.78, 5) is 25.9. The van der Waals surface area contributed by atoms with Gasteiger partial charge in [0.1, 0.15) is 11.5 Å². The van der Waals surface area contributed by atoms with E-state index in [1.165, 1.54) is 0 Å². The highest BCUT2D eigenvalue weighted by molar-refractivity contribution is 6.00. The fourth-order valence-electron chi connectivity index (χ4n) is 3.15. The first kappa shape index (κ1) is 14.7. The van der Waals surface area contributed by atoms with Gasteiger partial charge in [0.25, 0.3) is 5.91 Å². The minimum absolute atomic E-state index is 0.0480. The van der Waals surface area contributed by atoms with E-state index in [1.54, 1.807) is 6.20 Å². The normalized spacial score (nSPS) is 15.0. The first-order chi connectivity index (χ1) is 11.7. The number of imidazole rings is 1. The summed E-state index contributed by atoms with van der Waals surface area (Å²) in [5.41, 5.74) is 2.30. The maximum atomic E-state index is 12.9. The molecule has 1 amide bonds. The Bertz CT molecular complexity index is 866. The zero-order valence-electron chi connectivity index (χ0n) is 13.6. The number of nitrogens with zero attached hydrogens (tertiary/aromatic N) is 5. The van der Waals surface area contributed by atoms with Crippen LogP contribution in [0.15, 0.2) is 48.9 Å². The van der Waals surface area contributed by atoms with Gasteiger partial charge in [-0.05, 0) is 31.2 Å². The van der Waals surface area contributed by atoms with Gasteiger partial charge in [-0.2, -0.15) is 0 Å². The molecule has 0 radical (unpaired) electrons. The predicted molar refractivity (Wildman–Crippen MR) is 92.3 cm³/mol. The van der Waals surface area contributed by atoms with Crippen molar-refractivity contribution in [3.8, 4) is 0 Å². The Balaban J connectivity index is 1.52. The predicted octanol–water partition coefficient (Wildman–Crippen LogP) is 2.00. The number of aromatic nitrogens is 3. The van der Waals surface area contributed by atoms with Crippen molar-refractivity contribution in [2.75, 3.05) is 31.1 Å². The second-order valence-electron chi connectivity index (χ2n) is 6.00. The van der Waals surface area contributed by atoms with Crippen LogP contribution in [-0.4, -0.2) is 51.4 Å². The van der Waals surface area contributed by atoms with Crippen LogP contribution in [0.4, 0.5) is 5.82 Å². The van der Waals surface area contributed by atoms with Crippen molar-refractivity contribution in [1.82, 2.24) is 19.3 Å². The third kappa shape index (κ3) is 2.60. The average Bonchev–Trinajstić information content (AvgIpc) is 3.02. The quantitative estimate of drug-likeness (QED) is 0.724. The van der Waals surface area contributed by atoms with Crippen molar-refractivity contribution in [3.63, 3.8) is 0 Å². The van der Waals surface area contributed by atoms with Crippen molar-refractivity contribution in [2.45, 2.75) is 6.92 Å². The number of carbonyl (C=O) groups is 1. The number of anilines is 1. The van der Waals surface area contributed by atoms with Crippen molar-refractivity contribution >= 4 is 17.4 Å². The molecule has 0 saturated carbocycles. The van der Waals surface area contributed by atoms with Crippen molar-refractivity contribution in [1.29, 1.82) is 0 Å². The third-order valence-electron chi connectivity index (χ3n) is 4.37. The molecule has 122 valence electrons. The number of piperazine rings is 1. The van der Waals surface area contributed by atoms with Crippen LogP contribution >= 0.6 is 0 Å². The maximum absolute atomic E-state index is 12.9. The second kappa shape index (κ2) is 5.96. The van der Waals surface area contributed by atoms with Gasteiger partial charge < -0.3 is 14.2 Å². The molecule has 0 aliphatic carbocycles. The smallest absolute Gasteiger partial charge is 0.257 e. The van der Waals surface area contributed by atoms with E-state index in [0.717, 1.165) is 30.2 Å². The van der Waals surface area contributed by atoms with E-state index < -0.39 is 0 Å². The molecular weight excluding hydrogens is 302 g/mol. The number of carbonyl (C=O) groups excluding carboxylic acids is 1. The van der Waals surface area contributed by atoms with Crippen LogP contribution in [0.2, 0.25) is 0 Å². The van der Waals surface area contributed by atoms with E-state index in [-0.39, 0.29) is 5.91 Å². The molecule has 24 heavy (non-hydrogen) atoms. The molecule has 0 atom stereocenters. The summed E-state index contributed by atoms with van der Waals surface area (Å²) in [5.74, 6) is 1.02. The Morgan fingerprint density at radius 1 is 1.08 bits per heavy atom. The van der Waals surface area contributed by atoms with Gasteiger partial charge in [0.15, 0.2) is 0 Å². The molecule has 3 aromatic rings. The number of aryl methyl sites for hydroxylation is 1. The molecule has 0 unspecified atom stereocenters. The fourth-order valence-corrected chi connectivity index (χ4v) is 3.15. The molecule has 1 aliphatic rings. The molecule has 1 saturated heterocycles. The van der Waals surface area contributed by atoms with Crippen molar-refractivity contribution in [3.05, 3.63) is 60.2 Å². The molecule has 1 aliphatic heterocycles. The number of pyridine rings is 2. The Kier molecular flexibility index (Phi) is 3.65. The highest BCUT2D eigenvalue weighted by atomic mass is 16.2. The van der Waals surface area contributed by atoms with Gasteiger partial charge in [0, 0.05) is 44.8 Å². The van der Waals surface area contributed by atoms with Crippen LogP contribution < -0.4 is 4.90 Å². The fraction of sp³-hybridized carbons (Fsp3) is 0.278. The SMILES string of the molecule is Cc1cn2cccc(C(=O)N3CCN(c4ccccn4)CC3)c2n1. The number of amides is 1. The lowest BCUT2D eigenvalue weighted by atomic mass is 10.2. The van der Waals surface area contributed by atoms with Crippen LogP contribution in [0.3, 0.4) is 0 Å². The monoisotopic (exact) mass is 321 g/mol. The summed E-state index contributed by atoms with van der Waals surface area (Å²) in [6, 6.07) is 9.66. The van der Waals surface area contributed by atoms with Crippen molar-refractivity contribution in [2.24, 2.45) is 0 Å². The highest BCUT2D eigenvalue weighted by Crippen LogP contribution is 2.17. The van der Waals surface area contributed by atoms with Crippen LogP contribution in [0.5, 0.6) is 0 Å². The van der Waals surface area contributed by atoms with E-state index in [1.807, 2.05) is 58.9 Å². The Labute approximate surface area is 140 Å². The zero-order chi connectivity index (χ0) is 16.5. The summed E-state index contributed by atoms with van der Waals surface area (Å²) >= 11 is 0. The minimum atomic E-state index is 0.0480. The van der Waals surface area contributed by atoms with Crippen LogP contribution in [-0.2, 0) is 0 Å². The maximum Gasteiger partial charge on any atom is 0.257 e. The van der Waals surface area contributed by atoms with Crippen LogP contribution in [0.25, 0.3) is 5.65 Å². The number of fused-ring (bicyclic) bond motifs is 1. The van der Waals surface area contributed by atoms with E-state index >= 15 is 0 Å². The molecule has 0 bridgehead atoms. The molecule has 4 rings (SSSR count). The van der Waals surface area contributed by atoms with Crippen LogP contribution in [0, 0.1) is 6.92 Å². The first-order valence-electron chi connectivity index (χ1n) is 8.12. The van der Waals surface area contributed by atoms with Crippen molar-refractivity contribution < 1.29 is 4.79 Å². The second-order valence-corrected chi connectivity index (χ2v) is 6.00. The average molecular weight is 321 g/mol. The van der Waals surface area contributed by atoms with E-state index in [9.17, 15) is 4.79 Å². The molecule has 6 heteroatoms. The summed E-state index contributed by atoms with van der Waals surface area (Å²) in [6.45, 7) is 4.90. The number of hydrogen-bond acceptors (Lipinski definition) is 4. The summed E-state index contributed by atoms with van der Waals surface area (Å²) in [6.07, 6.45) is 5.66. The van der Waals surface area contributed by atoms with Gasteiger partial charge in [-0.25, -0.2) is 9.97 Å². The van der Waals surface area contributed by atoms with E-state index in [2.05, 4.69) is 14.9 Å². The van der Waals surface area contributed by atoms with E-state index in [0.29, 0.717) is 18.7 Å². The van der Waals surface area contributed by atoms with E-state index in [4.69, 9.17) is 0 Å². The molecular formula is C18H19N5O. The summed E-state index contributed by atoms with van der Waals surface area (Å²) in [7, 11) is 0. The van der Waals surface area contributed by atoms with Gasteiger partial charge in [-0.1, -0.05) is 6.07 Å². The molecule has 1 fully saturated rings. The number of rotatable bonds is 2. The summed E-state index contributed by atoms with van der Waals surface area (Å²) < 4.78 is 1.91. The molecule has 0 aromatic carbocycles. The molecule has 0 spiro atoms. The Hall–Kier alpha value is -2.89. The largest absolute Gasteiger partial charge is 0.353 e. The summed E-state index contributed by atoms with van der Waals surface area (Å²) in [5, 5.41) is 0. The lowest BCUT2D eigenvalue weighted by Gasteiger charge is -2.35. The van der Waals surface area contributed by atoms with Gasteiger partial charge in [0.2, 0.25) is 0 Å². The van der Waals surface area contributed by atoms with Gasteiger partial charge >= 0.3 is 0 Å². The Morgan fingerprint density at radius 2 is 1.92 bits per heavy atom. The Morgan fingerprint density at radius 3 is 2.67 bits per heavy atom.